The van der Waals surface area contributed by atoms with Gasteiger partial charge < -0.3 is 5.32 Å². The average Bonchev–Trinajstić information content (AvgIpc) is 3.36. The third kappa shape index (κ3) is 3.32. The first-order chi connectivity index (χ1) is 13.6. The summed E-state index contributed by atoms with van der Waals surface area (Å²) in [4.78, 5) is 12.7. The van der Waals surface area contributed by atoms with Gasteiger partial charge in [0.25, 0.3) is 0 Å². The number of alkyl halides is 3. The highest BCUT2D eigenvalue weighted by Crippen LogP contribution is 2.62. The van der Waals surface area contributed by atoms with Crippen molar-refractivity contribution in [2.75, 3.05) is 5.32 Å². The van der Waals surface area contributed by atoms with E-state index >= 15 is 0 Å². The first kappa shape index (κ1) is 19.9. The number of aryl methyl sites for hydroxylation is 1. The van der Waals surface area contributed by atoms with Gasteiger partial charge in [0.15, 0.2) is 5.82 Å². The minimum Gasteiger partial charge on any atom is -0.309 e. The van der Waals surface area contributed by atoms with Crippen LogP contribution in [0.15, 0.2) is 24.3 Å². The fourth-order valence-electron chi connectivity index (χ4n) is 4.24. The second-order valence-corrected chi connectivity index (χ2v) is 8.23. The molecule has 0 aliphatic heterocycles. The van der Waals surface area contributed by atoms with E-state index in [-0.39, 0.29) is 24.6 Å². The molecule has 0 spiro atoms. The number of carbonyl (C=O) groups excluding carboxylic acids is 1. The van der Waals surface area contributed by atoms with Crippen molar-refractivity contribution < 1.29 is 22.4 Å². The molecule has 2 saturated carbocycles. The molecule has 2 aromatic rings. The lowest BCUT2D eigenvalue weighted by atomic mass is 9.78. The number of hydrogen-bond donors (Lipinski definition) is 1. The number of aromatic nitrogens is 2. The number of carbonyl (C=O) groups is 1. The molecule has 1 heterocycles. The van der Waals surface area contributed by atoms with Crippen molar-refractivity contribution in [3.05, 3.63) is 35.6 Å². The summed E-state index contributed by atoms with van der Waals surface area (Å²) >= 11 is 0. The predicted octanol–water partition coefficient (Wildman–Crippen LogP) is 5.41. The fraction of sp³-hybridized carbons (Fsp3) is 0.524. The summed E-state index contributed by atoms with van der Waals surface area (Å²) in [5.41, 5.74) is 0.408. The van der Waals surface area contributed by atoms with Crippen LogP contribution in [-0.2, 0) is 11.8 Å². The van der Waals surface area contributed by atoms with E-state index in [1.165, 1.54) is 19.1 Å². The minimum absolute atomic E-state index is 0.0242. The van der Waals surface area contributed by atoms with Crippen LogP contribution in [0.1, 0.15) is 50.5 Å². The van der Waals surface area contributed by atoms with Crippen LogP contribution in [0.5, 0.6) is 0 Å². The van der Waals surface area contributed by atoms with Crippen LogP contribution in [0.3, 0.4) is 0 Å². The highest BCUT2D eigenvalue weighted by Gasteiger charge is 2.67. The van der Waals surface area contributed by atoms with Crippen LogP contribution < -0.4 is 5.32 Å². The summed E-state index contributed by atoms with van der Waals surface area (Å²) in [5, 5.41) is 7.08. The molecule has 4 nitrogen and oxygen atoms in total. The van der Waals surface area contributed by atoms with Crippen LogP contribution in [-0.4, -0.2) is 21.9 Å². The molecule has 4 rings (SSSR count). The van der Waals surface area contributed by atoms with Crippen molar-refractivity contribution in [2.24, 2.45) is 18.4 Å². The smallest absolute Gasteiger partial charge is 0.309 e. The van der Waals surface area contributed by atoms with E-state index in [9.17, 15) is 22.4 Å². The summed E-state index contributed by atoms with van der Waals surface area (Å²) < 4.78 is 55.2. The van der Waals surface area contributed by atoms with Crippen LogP contribution >= 0.6 is 0 Å². The number of hydrogen-bond acceptors (Lipinski definition) is 2. The van der Waals surface area contributed by atoms with Gasteiger partial charge >= 0.3 is 6.18 Å². The third-order valence-corrected chi connectivity index (χ3v) is 6.53. The molecular formula is C21H23F4N3O. The van der Waals surface area contributed by atoms with E-state index in [1.807, 2.05) is 0 Å². The van der Waals surface area contributed by atoms with Gasteiger partial charge in [-0.15, -0.1) is 0 Å². The van der Waals surface area contributed by atoms with Gasteiger partial charge in [-0.05, 0) is 55.9 Å². The lowest BCUT2D eigenvalue weighted by Crippen LogP contribution is -2.38. The minimum atomic E-state index is -4.40. The molecule has 1 amide bonds. The van der Waals surface area contributed by atoms with Gasteiger partial charge in [0, 0.05) is 24.1 Å². The molecule has 0 saturated heterocycles. The summed E-state index contributed by atoms with van der Waals surface area (Å²) in [6, 6.07) is 6.00. The molecule has 1 atom stereocenters. The molecule has 2 fully saturated rings. The topological polar surface area (TPSA) is 46.9 Å². The number of halogens is 4. The Bertz CT molecular complexity index is 925. The maximum atomic E-state index is 13.4. The Labute approximate surface area is 166 Å². The predicted molar refractivity (Wildman–Crippen MR) is 101 cm³/mol. The molecule has 2 aliphatic carbocycles. The molecular weight excluding hydrogens is 386 g/mol. The molecule has 0 bridgehead atoms. The van der Waals surface area contributed by atoms with Gasteiger partial charge in [-0.3, -0.25) is 9.48 Å². The standard InChI is InChI=1S/C21H23F4N3O/c1-12(20(10-11-20)21(23,24)25)19(29)26-18-16(13-4-3-5-13)17(28(2)27-18)14-6-8-15(22)9-7-14/h6-9,12-13H,3-5,10-11H2,1-2H3,(H,26,27,29)/t12-/m0/s1. The zero-order valence-electron chi connectivity index (χ0n) is 16.3. The Morgan fingerprint density at radius 2 is 1.86 bits per heavy atom. The van der Waals surface area contributed by atoms with E-state index < -0.39 is 23.4 Å². The van der Waals surface area contributed by atoms with Crippen molar-refractivity contribution >= 4 is 11.7 Å². The summed E-state index contributed by atoms with van der Waals surface area (Å²) in [6.45, 7) is 1.34. The highest BCUT2D eigenvalue weighted by atomic mass is 19.4. The largest absolute Gasteiger partial charge is 0.395 e. The molecule has 0 radical (unpaired) electrons. The van der Waals surface area contributed by atoms with E-state index in [1.54, 1.807) is 23.9 Å². The first-order valence-electron chi connectivity index (χ1n) is 9.84. The van der Waals surface area contributed by atoms with Crippen LogP contribution in [0.25, 0.3) is 11.3 Å². The van der Waals surface area contributed by atoms with E-state index in [2.05, 4.69) is 10.4 Å². The lowest BCUT2D eigenvalue weighted by molar-refractivity contribution is -0.201. The van der Waals surface area contributed by atoms with Gasteiger partial charge in [0.2, 0.25) is 5.91 Å². The molecule has 8 heteroatoms. The number of nitrogens with one attached hydrogen (secondary N) is 1. The fourth-order valence-corrected chi connectivity index (χ4v) is 4.24. The summed E-state index contributed by atoms with van der Waals surface area (Å²) in [5.74, 6) is -1.72. The number of nitrogens with zero attached hydrogens (tertiary/aromatic N) is 2. The van der Waals surface area contributed by atoms with Gasteiger partial charge in [-0.1, -0.05) is 13.3 Å². The van der Waals surface area contributed by atoms with Gasteiger partial charge in [0.1, 0.15) is 5.82 Å². The highest BCUT2D eigenvalue weighted by molar-refractivity contribution is 5.94. The third-order valence-electron chi connectivity index (χ3n) is 6.53. The summed E-state index contributed by atoms with van der Waals surface area (Å²) in [6.07, 6.45) is -1.56. The summed E-state index contributed by atoms with van der Waals surface area (Å²) in [7, 11) is 1.72. The zero-order chi connectivity index (χ0) is 21.0. The molecule has 29 heavy (non-hydrogen) atoms. The molecule has 1 aromatic carbocycles. The number of anilines is 1. The van der Waals surface area contributed by atoms with E-state index in [0.29, 0.717) is 5.82 Å². The normalized spacial score (nSPS) is 19.5. The van der Waals surface area contributed by atoms with Crippen LogP contribution in [0, 0.1) is 17.2 Å². The van der Waals surface area contributed by atoms with Gasteiger partial charge in [-0.25, -0.2) is 4.39 Å². The van der Waals surface area contributed by atoms with Crippen LogP contribution in [0.4, 0.5) is 23.4 Å². The average molecular weight is 409 g/mol. The Hall–Kier alpha value is -2.38. The second-order valence-electron chi connectivity index (χ2n) is 8.23. The lowest BCUT2D eigenvalue weighted by Gasteiger charge is -2.28. The van der Waals surface area contributed by atoms with E-state index in [0.717, 1.165) is 36.1 Å². The van der Waals surface area contributed by atoms with Crippen molar-refractivity contribution in [3.63, 3.8) is 0 Å². The molecule has 156 valence electrons. The van der Waals surface area contributed by atoms with Crippen molar-refractivity contribution in [2.45, 2.75) is 51.1 Å². The Morgan fingerprint density at radius 1 is 1.24 bits per heavy atom. The first-order valence-corrected chi connectivity index (χ1v) is 9.84. The maximum absolute atomic E-state index is 13.4. The Kier molecular flexibility index (Phi) is 4.70. The Morgan fingerprint density at radius 3 is 2.34 bits per heavy atom. The second kappa shape index (κ2) is 6.85. The monoisotopic (exact) mass is 409 g/mol. The maximum Gasteiger partial charge on any atom is 0.395 e. The van der Waals surface area contributed by atoms with Crippen molar-refractivity contribution in [1.82, 2.24) is 9.78 Å². The zero-order valence-corrected chi connectivity index (χ0v) is 16.3. The number of amides is 1. The number of rotatable bonds is 5. The van der Waals surface area contributed by atoms with Gasteiger partial charge in [-0.2, -0.15) is 18.3 Å². The van der Waals surface area contributed by atoms with E-state index in [4.69, 9.17) is 0 Å². The number of benzene rings is 1. The SMILES string of the molecule is C[C@@H](C(=O)Nc1nn(C)c(-c2ccc(F)cc2)c1C1CCC1)C1(C(F)(F)F)CC1. The molecule has 2 aliphatic rings. The molecule has 1 N–H and O–H groups in total. The Balaban J connectivity index is 1.67. The van der Waals surface area contributed by atoms with Crippen molar-refractivity contribution in [1.29, 1.82) is 0 Å². The van der Waals surface area contributed by atoms with Crippen LogP contribution in [0.2, 0.25) is 0 Å². The molecule has 1 aromatic heterocycles. The van der Waals surface area contributed by atoms with Crippen molar-refractivity contribution in [3.8, 4) is 11.3 Å². The quantitative estimate of drug-likeness (QED) is 0.671. The van der Waals surface area contributed by atoms with Gasteiger partial charge in [0.05, 0.1) is 11.1 Å². The molecule has 0 unspecified atom stereocenters.